The summed E-state index contributed by atoms with van der Waals surface area (Å²) in [7, 11) is 0. The highest BCUT2D eigenvalue weighted by Crippen LogP contribution is 2.00. The van der Waals surface area contributed by atoms with Crippen molar-refractivity contribution in [2.45, 2.75) is 25.9 Å². The van der Waals surface area contributed by atoms with Crippen molar-refractivity contribution in [3.05, 3.63) is 0 Å². The fourth-order valence-corrected chi connectivity index (χ4v) is 1.63. The lowest BCUT2D eigenvalue weighted by Gasteiger charge is -2.21. The van der Waals surface area contributed by atoms with Gasteiger partial charge in [-0.1, -0.05) is 6.92 Å². The highest BCUT2D eigenvalue weighted by Gasteiger charge is 2.13. The summed E-state index contributed by atoms with van der Waals surface area (Å²) in [6.45, 7) is 4.33. The predicted octanol–water partition coefficient (Wildman–Crippen LogP) is -0.481. The molecular formula is C14H23NO8. The first-order valence-corrected chi connectivity index (χ1v) is 7.25. The molecule has 0 heterocycles. The minimum atomic E-state index is -0.450. The summed E-state index contributed by atoms with van der Waals surface area (Å²) >= 11 is 0. The summed E-state index contributed by atoms with van der Waals surface area (Å²) in [6.07, 6.45) is 0.207. The maximum Gasteiger partial charge on any atom is 0.307 e. The van der Waals surface area contributed by atoms with Crippen molar-refractivity contribution >= 4 is 25.4 Å². The first kappa shape index (κ1) is 20.8. The first-order chi connectivity index (χ1) is 11.2. The van der Waals surface area contributed by atoms with Gasteiger partial charge in [-0.15, -0.1) is 0 Å². The highest BCUT2D eigenvalue weighted by atomic mass is 16.6. The SMILES string of the molecule is CCC(COC(=O)CCN(CCOC=O)CCOC=O)OC=O. The van der Waals surface area contributed by atoms with E-state index < -0.39 is 12.1 Å². The molecule has 1 unspecified atom stereocenters. The van der Waals surface area contributed by atoms with E-state index >= 15 is 0 Å². The van der Waals surface area contributed by atoms with Crippen LogP contribution in [0.15, 0.2) is 0 Å². The molecule has 0 bridgehead atoms. The molecule has 0 fully saturated rings. The Bertz CT molecular complexity index is 336. The zero-order valence-electron chi connectivity index (χ0n) is 13.2. The minimum Gasteiger partial charge on any atom is -0.467 e. The molecule has 0 saturated carbocycles. The average Bonchev–Trinajstić information content (AvgIpc) is 2.56. The third-order valence-corrected chi connectivity index (χ3v) is 2.95. The van der Waals surface area contributed by atoms with Crippen LogP contribution in [-0.2, 0) is 38.1 Å². The van der Waals surface area contributed by atoms with Crippen LogP contribution in [0.25, 0.3) is 0 Å². The van der Waals surface area contributed by atoms with Crippen LogP contribution in [0.4, 0.5) is 0 Å². The number of carbonyl (C=O) groups is 4. The fourth-order valence-electron chi connectivity index (χ4n) is 1.63. The number of rotatable bonds is 16. The fraction of sp³-hybridized carbons (Fsp3) is 0.714. The Kier molecular flexibility index (Phi) is 13.4. The van der Waals surface area contributed by atoms with Gasteiger partial charge in [0.15, 0.2) is 0 Å². The largest absolute Gasteiger partial charge is 0.467 e. The highest BCUT2D eigenvalue weighted by molar-refractivity contribution is 5.69. The van der Waals surface area contributed by atoms with E-state index in [-0.39, 0.29) is 26.2 Å². The molecule has 0 aromatic rings. The molecule has 132 valence electrons. The van der Waals surface area contributed by atoms with Gasteiger partial charge >= 0.3 is 5.97 Å². The molecule has 1 atom stereocenters. The number of esters is 1. The smallest absolute Gasteiger partial charge is 0.307 e. The third kappa shape index (κ3) is 12.1. The van der Waals surface area contributed by atoms with Crippen molar-refractivity contribution in [1.82, 2.24) is 4.90 Å². The van der Waals surface area contributed by atoms with Crippen molar-refractivity contribution in [3.63, 3.8) is 0 Å². The normalized spacial score (nSPS) is 11.4. The lowest BCUT2D eigenvalue weighted by atomic mass is 10.3. The molecular weight excluding hydrogens is 310 g/mol. The summed E-state index contributed by atoms with van der Waals surface area (Å²) < 4.78 is 19.0. The summed E-state index contributed by atoms with van der Waals surface area (Å²) in [4.78, 5) is 43.9. The van der Waals surface area contributed by atoms with Gasteiger partial charge in [0.2, 0.25) is 0 Å². The second kappa shape index (κ2) is 14.8. The molecule has 0 saturated heterocycles. The van der Waals surface area contributed by atoms with Crippen LogP contribution in [0.3, 0.4) is 0 Å². The van der Waals surface area contributed by atoms with E-state index in [1.165, 1.54) is 0 Å². The second-order valence-corrected chi connectivity index (χ2v) is 4.47. The molecule has 0 amide bonds. The monoisotopic (exact) mass is 333 g/mol. The van der Waals surface area contributed by atoms with Gasteiger partial charge in [0, 0.05) is 19.6 Å². The first-order valence-electron chi connectivity index (χ1n) is 7.25. The van der Waals surface area contributed by atoms with E-state index in [1.807, 2.05) is 6.92 Å². The number of nitrogens with zero attached hydrogens (tertiary/aromatic N) is 1. The molecule has 0 aliphatic carbocycles. The molecule has 0 radical (unpaired) electrons. The Morgan fingerprint density at radius 1 is 1.00 bits per heavy atom. The number of hydrogen-bond donors (Lipinski definition) is 0. The van der Waals surface area contributed by atoms with Gasteiger partial charge in [-0.25, -0.2) is 0 Å². The van der Waals surface area contributed by atoms with Crippen LogP contribution in [0.5, 0.6) is 0 Å². The Labute approximate surface area is 134 Å². The quantitative estimate of drug-likeness (QED) is 0.160. The molecule has 0 rings (SSSR count). The molecule has 0 aromatic carbocycles. The van der Waals surface area contributed by atoms with Gasteiger partial charge in [0.05, 0.1) is 6.42 Å². The van der Waals surface area contributed by atoms with E-state index in [1.54, 1.807) is 4.90 Å². The van der Waals surface area contributed by atoms with Crippen LogP contribution < -0.4 is 0 Å². The van der Waals surface area contributed by atoms with Crippen LogP contribution in [0, 0.1) is 0 Å². The van der Waals surface area contributed by atoms with Gasteiger partial charge < -0.3 is 18.9 Å². The zero-order valence-corrected chi connectivity index (χ0v) is 13.2. The summed E-state index contributed by atoms with van der Waals surface area (Å²) in [6, 6.07) is 0. The van der Waals surface area contributed by atoms with Crippen LogP contribution >= 0.6 is 0 Å². The molecule has 9 nitrogen and oxygen atoms in total. The summed E-state index contributed by atoms with van der Waals surface area (Å²) in [5.41, 5.74) is 0. The Morgan fingerprint density at radius 2 is 1.61 bits per heavy atom. The van der Waals surface area contributed by atoms with Crippen molar-refractivity contribution in [2.24, 2.45) is 0 Å². The van der Waals surface area contributed by atoms with Crippen LogP contribution in [0.2, 0.25) is 0 Å². The summed E-state index contributed by atoms with van der Waals surface area (Å²) in [5, 5.41) is 0. The molecule has 0 aliphatic heterocycles. The Balaban J connectivity index is 4.08. The van der Waals surface area contributed by atoms with Gasteiger partial charge in [-0.2, -0.15) is 0 Å². The third-order valence-electron chi connectivity index (χ3n) is 2.95. The summed E-state index contributed by atoms with van der Waals surface area (Å²) in [5.74, 6) is -0.435. The standard InChI is InChI=1S/C14H23NO8/c1-2-13(23-12-18)9-22-14(19)3-4-15(5-7-20-10-16)6-8-21-11-17/h10-13H,2-9H2,1H3. The van der Waals surface area contributed by atoms with E-state index in [0.29, 0.717) is 45.5 Å². The van der Waals surface area contributed by atoms with Crippen molar-refractivity contribution in [1.29, 1.82) is 0 Å². The zero-order chi connectivity index (χ0) is 17.3. The van der Waals surface area contributed by atoms with E-state index in [9.17, 15) is 19.2 Å². The predicted molar refractivity (Wildman–Crippen MR) is 77.3 cm³/mol. The van der Waals surface area contributed by atoms with Gasteiger partial charge in [0.25, 0.3) is 19.4 Å². The molecule has 23 heavy (non-hydrogen) atoms. The number of carbonyl (C=O) groups excluding carboxylic acids is 4. The van der Waals surface area contributed by atoms with Gasteiger partial charge in [-0.05, 0) is 6.42 Å². The Hall–Kier alpha value is -2.16. The molecule has 0 aliphatic rings. The van der Waals surface area contributed by atoms with Crippen molar-refractivity contribution in [2.75, 3.05) is 39.5 Å². The topological polar surface area (TPSA) is 108 Å². The average molecular weight is 333 g/mol. The minimum absolute atomic E-state index is 0.0105. The van der Waals surface area contributed by atoms with E-state index in [4.69, 9.17) is 9.47 Å². The lowest BCUT2D eigenvalue weighted by Crippen LogP contribution is -2.33. The van der Waals surface area contributed by atoms with Crippen molar-refractivity contribution in [3.8, 4) is 0 Å². The van der Waals surface area contributed by atoms with E-state index in [2.05, 4.69) is 9.47 Å². The van der Waals surface area contributed by atoms with Crippen LogP contribution in [0.1, 0.15) is 19.8 Å². The maximum absolute atomic E-state index is 11.7. The molecule has 9 heteroatoms. The lowest BCUT2D eigenvalue weighted by molar-refractivity contribution is -0.152. The van der Waals surface area contributed by atoms with Crippen molar-refractivity contribution < 1.29 is 38.1 Å². The van der Waals surface area contributed by atoms with Gasteiger partial charge in [-0.3, -0.25) is 24.1 Å². The van der Waals surface area contributed by atoms with Crippen LogP contribution in [-0.4, -0.2) is 75.8 Å². The number of ether oxygens (including phenoxy) is 4. The number of hydrogen-bond acceptors (Lipinski definition) is 9. The second-order valence-electron chi connectivity index (χ2n) is 4.47. The molecule has 0 spiro atoms. The van der Waals surface area contributed by atoms with E-state index in [0.717, 1.165) is 0 Å². The maximum atomic E-state index is 11.7. The molecule has 0 aromatic heterocycles. The Morgan fingerprint density at radius 3 is 2.09 bits per heavy atom. The van der Waals surface area contributed by atoms with Gasteiger partial charge in [0.1, 0.15) is 25.9 Å². The molecule has 0 N–H and O–H groups in total.